The minimum Gasteiger partial charge on any atom is -0.495 e. The zero-order valence-electron chi connectivity index (χ0n) is 14.4. The molecule has 1 aromatic heterocycles. The average molecular weight is 330 g/mol. The van der Waals surface area contributed by atoms with E-state index in [4.69, 9.17) is 9.15 Å². The molecule has 0 unspecified atom stereocenters. The number of likely N-dealkylation sites (N-methyl/N-ethyl adjacent to an activating group) is 1. The molecule has 0 saturated carbocycles. The average Bonchev–Trinajstić information content (AvgIpc) is 2.91. The lowest BCUT2D eigenvalue weighted by atomic mass is 10.2. The number of furan rings is 1. The maximum Gasteiger partial charge on any atom is 0.257 e. The molecule has 128 valence electrons. The lowest BCUT2D eigenvalue weighted by molar-refractivity contribution is -0.116. The van der Waals surface area contributed by atoms with Crippen molar-refractivity contribution >= 4 is 17.5 Å². The lowest BCUT2D eigenvalue weighted by Crippen LogP contribution is -2.38. The van der Waals surface area contributed by atoms with Gasteiger partial charge in [0.25, 0.3) is 5.91 Å². The van der Waals surface area contributed by atoms with E-state index in [1.165, 1.54) is 12.0 Å². The Labute approximate surface area is 141 Å². The van der Waals surface area contributed by atoms with Crippen LogP contribution in [-0.4, -0.2) is 36.9 Å². The fraction of sp³-hybridized carbons (Fsp3) is 0.333. The summed E-state index contributed by atoms with van der Waals surface area (Å²) in [4.78, 5) is 26.3. The largest absolute Gasteiger partial charge is 0.495 e. The number of hydrogen-bond donors (Lipinski definition) is 1. The molecule has 1 heterocycles. The Hall–Kier alpha value is -2.76. The molecule has 0 bridgehead atoms. The maximum absolute atomic E-state index is 12.6. The number of rotatable bonds is 6. The van der Waals surface area contributed by atoms with E-state index in [0.717, 1.165) is 0 Å². The Morgan fingerprint density at radius 3 is 2.54 bits per heavy atom. The van der Waals surface area contributed by atoms with Gasteiger partial charge in [0.15, 0.2) is 0 Å². The number of nitrogens with one attached hydrogen (secondary N) is 1. The van der Waals surface area contributed by atoms with Crippen LogP contribution in [0, 0.1) is 13.8 Å². The molecule has 0 aliphatic rings. The Morgan fingerprint density at radius 1 is 1.25 bits per heavy atom. The fourth-order valence-electron chi connectivity index (χ4n) is 2.45. The van der Waals surface area contributed by atoms with Gasteiger partial charge in [0.1, 0.15) is 23.8 Å². The Kier molecular flexibility index (Phi) is 5.63. The molecule has 0 radical (unpaired) electrons. The topological polar surface area (TPSA) is 71.8 Å². The van der Waals surface area contributed by atoms with E-state index in [-0.39, 0.29) is 18.4 Å². The molecular formula is C18H22N2O4. The zero-order chi connectivity index (χ0) is 17.7. The number of methoxy groups -OCH3 is 1. The number of aryl methyl sites for hydroxylation is 2. The summed E-state index contributed by atoms with van der Waals surface area (Å²) in [6, 6.07) is 8.83. The lowest BCUT2D eigenvalue weighted by Gasteiger charge is -2.20. The number of nitrogens with zero attached hydrogens (tertiary/aromatic N) is 1. The van der Waals surface area contributed by atoms with E-state index in [1.54, 1.807) is 38.1 Å². The molecule has 1 aromatic carbocycles. The summed E-state index contributed by atoms with van der Waals surface area (Å²) in [6.45, 7) is 5.73. The first-order valence-electron chi connectivity index (χ1n) is 7.75. The van der Waals surface area contributed by atoms with E-state index in [1.807, 2.05) is 13.0 Å². The van der Waals surface area contributed by atoms with Crippen LogP contribution < -0.4 is 10.1 Å². The predicted octanol–water partition coefficient (Wildman–Crippen LogP) is 3.01. The monoisotopic (exact) mass is 330 g/mol. The van der Waals surface area contributed by atoms with Crippen molar-refractivity contribution in [1.29, 1.82) is 0 Å². The highest BCUT2D eigenvalue weighted by molar-refractivity contribution is 6.00. The van der Waals surface area contributed by atoms with Crippen molar-refractivity contribution in [2.75, 3.05) is 25.5 Å². The smallest absolute Gasteiger partial charge is 0.257 e. The quantitative estimate of drug-likeness (QED) is 0.884. The minimum atomic E-state index is -0.285. The summed E-state index contributed by atoms with van der Waals surface area (Å²) in [5, 5.41) is 2.77. The number of benzene rings is 1. The molecule has 2 rings (SSSR count). The van der Waals surface area contributed by atoms with Crippen molar-refractivity contribution in [3.8, 4) is 5.75 Å². The number of carbonyl (C=O) groups excluding carboxylic acids is 2. The molecule has 6 heteroatoms. The highest BCUT2D eigenvalue weighted by Gasteiger charge is 2.21. The first kappa shape index (κ1) is 17.6. The van der Waals surface area contributed by atoms with Gasteiger partial charge >= 0.3 is 0 Å². The molecular weight excluding hydrogens is 308 g/mol. The second kappa shape index (κ2) is 7.68. The van der Waals surface area contributed by atoms with Crippen LogP contribution in [0.4, 0.5) is 5.69 Å². The van der Waals surface area contributed by atoms with Crippen LogP contribution in [0.2, 0.25) is 0 Å². The third-order valence-electron chi connectivity index (χ3n) is 3.66. The van der Waals surface area contributed by atoms with Crippen LogP contribution in [-0.2, 0) is 4.79 Å². The Morgan fingerprint density at radius 2 is 1.96 bits per heavy atom. The molecule has 0 spiro atoms. The summed E-state index contributed by atoms with van der Waals surface area (Å²) in [6.07, 6.45) is 0. The van der Waals surface area contributed by atoms with Crippen molar-refractivity contribution in [2.24, 2.45) is 0 Å². The highest BCUT2D eigenvalue weighted by atomic mass is 16.5. The van der Waals surface area contributed by atoms with Gasteiger partial charge in [-0.1, -0.05) is 12.1 Å². The third kappa shape index (κ3) is 3.95. The molecule has 0 aliphatic heterocycles. The SMILES string of the molecule is CCN(CC(=O)Nc1ccccc1OC)C(=O)c1cc(C)oc1C. The van der Waals surface area contributed by atoms with Crippen molar-refractivity contribution < 1.29 is 18.7 Å². The molecule has 1 N–H and O–H groups in total. The number of amides is 2. The minimum absolute atomic E-state index is 0.0446. The van der Waals surface area contributed by atoms with Gasteiger partial charge in [0.05, 0.1) is 18.4 Å². The number of ether oxygens (including phenoxy) is 1. The molecule has 0 saturated heterocycles. The van der Waals surface area contributed by atoms with E-state index < -0.39 is 0 Å². The molecule has 24 heavy (non-hydrogen) atoms. The number of hydrogen-bond acceptors (Lipinski definition) is 4. The van der Waals surface area contributed by atoms with Gasteiger partial charge in [-0.15, -0.1) is 0 Å². The van der Waals surface area contributed by atoms with Crippen molar-refractivity contribution in [3.63, 3.8) is 0 Å². The van der Waals surface area contributed by atoms with Gasteiger partial charge in [0, 0.05) is 6.54 Å². The molecule has 2 amide bonds. The van der Waals surface area contributed by atoms with E-state index >= 15 is 0 Å². The first-order valence-corrected chi connectivity index (χ1v) is 7.75. The van der Waals surface area contributed by atoms with Gasteiger partial charge in [0.2, 0.25) is 5.91 Å². The number of carbonyl (C=O) groups is 2. The summed E-state index contributed by atoms with van der Waals surface area (Å²) in [5.74, 6) is 1.29. The molecule has 6 nitrogen and oxygen atoms in total. The second-order valence-corrected chi connectivity index (χ2v) is 5.39. The second-order valence-electron chi connectivity index (χ2n) is 5.39. The standard InChI is InChI=1S/C18H22N2O4/c1-5-20(18(22)14-10-12(2)24-13(14)3)11-17(21)19-15-8-6-7-9-16(15)23-4/h6-10H,5,11H2,1-4H3,(H,19,21). The molecule has 0 atom stereocenters. The van der Waals surface area contributed by atoms with E-state index in [9.17, 15) is 9.59 Å². The van der Waals surface area contributed by atoms with Gasteiger partial charge in [-0.3, -0.25) is 9.59 Å². The van der Waals surface area contributed by atoms with E-state index in [0.29, 0.717) is 35.1 Å². The predicted molar refractivity (Wildman–Crippen MR) is 91.4 cm³/mol. The van der Waals surface area contributed by atoms with Crippen LogP contribution in [0.1, 0.15) is 28.8 Å². The third-order valence-corrected chi connectivity index (χ3v) is 3.66. The van der Waals surface area contributed by atoms with Crippen LogP contribution in [0.3, 0.4) is 0 Å². The van der Waals surface area contributed by atoms with Crippen molar-refractivity contribution in [1.82, 2.24) is 4.90 Å². The maximum atomic E-state index is 12.6. The molecule has 2 aromatic rings. The molecule has 0 aliphatic carbocycles. The fourth-order valence-corrected chi connectivity index (χ4v) is 2.45. The number of para-hydroxylation sites is 2. The van der Waals surface area contributed by atoms with Crippen molar-refractivity contribution in [3.05, 3.63) is 47.4 Å². The van der Waals surface area contributed by atoms with Gasteiger partial charge in [-0.05, 0) is 39.0 Å². The normalized spacial score (nSPS) is 10.3. The number of anilines is 1. The summed E-state index contributed by atoms with van der Waals surface area (Å²) in [7, 11) is 1.54. The van der Waals surface area contributed by atoms with Gasteiger partial charge in [-0.25, -0.2) is 0 Å². The summed E-state index contributed by atoms with van der Waals surface area (Å²) in [5.41, 5.74) is 1.06. The van der Waals surface area contributed by atoms with E-state index in [2.05, 4.69) is 5.32 Å². The highest BCUT2D eigenvalue weighted by Crippen LogP contribution is 2.23. The van der Waals surface area contributed by atoms with Crippen LogP contribution in [0.15, 0.2) is 34.7 Å². The van der Waals surface area contributed by atoms with Crippen LogP contribution in [0.5, 0.6) is 5.75 Å². The first-order chi connectivity index (χ1) is 11.5. The van der Waals surface area contributed by atoms with Gasteiger partial charge < -0.3 is 19.4 Å². The van der Waals surface area contributed by atoms with Crippen LogP contribution >= 0.6 is 0 Å². The summed E-state index contributed by atoms with van der Waals surface area (Å²) < 4.78 is 10.6. The zero-order valence-corrected chi connectivity index (χ0v) is 14.4. The summed E-state index contributed by atoms with van der Waals surface area (Å²) >= 11 is 0. The molecule has 0 fully saturated rings. The van der Waals surface area contributed by atoms with Crippen molar-refractivity contribution in [2.45, 2.75) is 20.8 Å². The Balaban J connectivity index is 2.08. The van der Waals surface area contributed by atoms with Gasteiger partial charge in [-0.2, -0.15) is 0 Å². The Bertz CT molecular complexity index is 736. The van der Waals surface area contributed by atoms with Crippen LogP contribution in [0.25, 0.3) is 0 Å².